The monoisotopic (exact) mass is 274 g/mol. The zero-order chi connectivity index (χ0) is 14.2. The van der Waals surface area contributed by atoms with E-state index in [1.807, 2.05) is 7.05 Å². The van der Waals surface area contributed by atoms with Crippen molar-refractivity contribution >= 4 is 22.9 Å². The van der Waals surface area contributed by atoms with Gasteiger partial charge < -0.3 is 15.2 Å². The lowest BCUT2D eigenvalue weighted by molar-refractivity contribution is 0.238. The predicted octanol–water partition coefficient (Wildman–Crippen LogP) is 2.41. The molecule has 2 aromatic heterocycles. The van der Waals surface area contributed by atoms with Gasteiger partial charge in [0, 0.05) is 20.1 Å². The van der Waals surface area contributed by atoms with Gasteiger partial charge in [-0.3, -0.25) is 0 Å². The van der Waals surface area contributed by atoms with Crippen LogP contribution in [0.1, 0.15) is 33.1 Å². The molecule has 0 saturated carbocycles. The number of H-pyrrole nitrogens is 1. The van der Waals surface area contributed by atoms with Gasteiger partial charge in [0.2, 0.25) is 5.95 Å². The first-order valence-corrected chi connectivity index (χ1v) is 7.29. The van der Waals surface area contributed by atoms with E-state index in [2.05, 4.69) is 44.0 Å². The number of aromatic amines is 1. The van der Waals surface area contributed by atoms with E-state index in [9.17, 15) is 0 Å². The Kier molecular flexibility index (Phi) is 3.23. The van der Waals surface area contributed by atoms with Crippen molar-refractivity contribution in [2.75, 3.05) is 30.4 Å². The lowest BCUT2D eigenvalue weighted by Crippen LogP contribution is -2.39. The highest BCUT2D eigenvalue weighted by Crippen LogP contribution is 2.36. The second-order valence-electron chi connectivity index (χ2n) is 5.87. The number of hydrogen-bond donors (Lipinski definition) is 2. The second-order valence-corrected chi connectivity index (χ2v) is 5.87. The molecule has 0 radical (unpaired) electrons. The summed E-state index contributed by atoms with van der Waals surface area (Å²) in [7, 11) is 1.84. The van der Waals surface area contributed by atoms with Crippen molar-refractivity contribution in [2.24, 2.45) is 5.41 Å². The van der Waals surface area contributed by atoms with Crippen LogP contribution in [0.2, 0.25) is 0 Å². The van der Waals surface area contributed by atoms with Crippen molar-refractivity contribution in [3.63, 3.8) is 0 Å². The van der Waals surface area contributed by atoms with Gasteiger partial charge in [0.1, 0.15) is 5.52 Å². The molecule has 0 bridgehead atoms. The summed E-state index contributed by atoms with van der Waals surface area (Å²) in [5.41, 5.74) is 2.13. The average molecular weight is 274 g/mol. The van der Waals surface area contributed by atoms with Crippen LogP contribution in [0.3, 0.4) is 0 Å². The largest absolute Gasteiger partial charge is 0.357 e. The highest BCUT2D eigenvalue weighted by atomic mass is 15.2. The van der Waals surface area contributed by atoms with Crippen molar-refractivity contribution in [1.82, 2.24) is 19.9 Å². The molecule has 0 amide bonds. The van der Waals surface area contributed by atoms with E-state index in [1.54, 1.807) is 6.33 Å². The van der Waals surface area contributed by atoms with Gasteiger partial charge in [0.25, 0.3) is 0 Å². The molecule has 0 spiro atoms. The molecule has 0 unspecified atom stereocenters. The standard InChI is InChI=1S/C14H22N6/c1-4-14(2)5-7-20(8-6-14)12-10-11(17-9-16-10)18-13(15-3)19-12/h9H,4-8H2,1-3H3,(H2,15,16,17,18,19). The molecule has 1 fully saturated rings. The molecule has 3 heterocycles. The van der Waals surface area contributed by atoms with Crippen LogP contribution >= 0.6 is 0 Å². The van der Waals surface area contributed by atoms with Crippen LogP contribution in [0.15, 0.2) is 6.33 Å². The Hall–Kier alpha value is -1.85. The van der Waals surface area contributed by atoms with E-state index in [-0.39, 0.29) is 0 Å². The van der Waals surface area contributed by atoms with Crippen LogP contribution in [0.4, 0.5) is 11.8 Å². The maximum atomic E-state index is 4.62. The molecule has 1 saturated heterocycles. The van der Waals surface area contributed by atoms with E-state index < -0.39 is 0 Å². The minimum absolute atomic E-state index is 0.475. The Morgan fingerprint density at radius 1 is 1.35 bits per heavy atom. The van der Waals surface area contributed by atoms with Gasteiger partial charge in [-0.25, -0.2) is 4.98 Å². The van der Waals surface area contributed by atoms with Crippen molar-refractivity contribution in [1.29, 1.82) is 0 Å². The highest BCUT2D eigenvalue weighted by molar-refractivity contribution is 5.84. The summed E-state index contributed by atoms with van der Waals surface area (Å²) in [5.74, 6) is 1.60. The molecule has 1 aliphatic heterocycles. The SMILES string of the molecule is CCC1(C)CCN(c2nc(NC)nc3nc[nH]c23)CC1. The molecule has 6 heteroatoms. The number of fused-ring (bicyclic) bond motifs is 1. The first-order valence-electron chi connectivity index (χ1n) is 7.29. The number of imidazole rings is 1. The Balaban J connectivity index is 1.92. The van der Waals surface area contributed by atoms with E-state index in [4.69, 9.17) is 0 Å². The lowest BCUT2D eigenvalue weighted by Gasteiger charge is -2.39. The van der Waals surface area contributed by atoms with Gasteiger partial charge >= 0.3 is 0 Å². The van der Waals surface area contributed by atoms with Gasteiger partial charge in [-0.15, -0.1) is 0 Å². The Morgan fingerprint density at radius 2 is 2.10 bits per heavy atom. The van der Waals surface area contributed by atoms with E-state index in [0.717, 1.165) is 30.1 Å². The second kappa shape index (κ2) is 4.92. The van der Waals surface area contributed by atoms with Gasteiger partial charge in [-0.2, -0.15) is 9.97 Å². The normalized spacial score (nSPS) is 18.4. The fraction of sp³-hybridized carbons (Fsp3) is 0.643. The summed E-state index contributed by atoms with van der Waals surface area (Å²) in [6.45, 7) is 6.75. The fourth-order valence-electron chi connectivity index (χ4n) is 2.77. The summed E-state index contributed by atoms with van der Waals surface area (Å²) in [5, 5.41) is 3.01. The minimum atomic E-state index is 0.475. The van der Waals surface area contributed by atoms with Crippen LogP contribution in [0.5, 0.6) is 0 Å². The molecule has 2 aromatic rings. The Morgan fingerprint density at radius 3 is 2.75 bits per heavy atom. The summed E-state index contributed by atoms with van der Waals surface area (Å²) < 4.78 is 0. The van der Waals surface area contributed by atoms with Gasteiger partial charge in [-0.1, -0.05) is 20.3 Å². The van der Waals surface area contributed by atoms with Gasteiger partial charge in [-0.05, 0) is 18.3 Å². The van der Waals surface area contributed by atoms with E-state index in [0.29, 0.717) is 11.4 Å². The highest BCUT2D eigenvalue weighted by Gasteiger charge is 2.30. The number of anilines is 2. The first-order chi connectivity index (χ1) is 9.65. The van der Waals surface area contributed by atoms with Gasteiger partial charge in [0.05, 0.1) is 6.33 Å². The van der Waals surface area contributed by atoms with Crippen molar-refractivity contribution < 1.29 is 0 Å². The Bertz CT molecular complexity index is 597. The van der Waals surface area contributed by atoms with E-state index in [1.165, 1.54) is 19.3 Å². The third-order valence-corrected chi connectivity index (χ3v) is 4.61. The molecule has 3 rings (SSSR count). The van der Waals surface area contributed by atoms with Gasteiger partial charge in [0.15, 0.2) is 11.5 Å². The molecular formula is C14H22N6. The summed E-state index contributed by atoms with van der Waals surface area (Å²) >= 11 is 0. The fourth-order valence-corrected chi connectivity index (χ4v) is 2.77. The number of aromatic nitrogens is 4. The molecule has 20 heavy (non-hydrogen) atoms. The molecule has 2 N–H and O–H groups in total. The zero-order valence-electron chi connectivity index (χ0n) is 12.4. The molecule has 6 nitrogen and oxygen atoms in total. The predicted molar refractivity (Wildman–Crippen MR) is 81.1 cm³/mol. The van der Waals surface area contributed by atoms with Crippen LogP contribution in [0.25, 0.3) is 11.2 Å². The smallest absolute Gasteiger partial charge is 0.226 e. The third-order valence-electron chi connectivity index (χ3n) is 4.61. The topological polar surface area (TPSA) is 69.7 Å². The Labute approximate surface area is 119 Å². The molecule has 1 aliphatic rings. The lowest BCUT2D eigenvalue weighted by atomic mass is 9.78. The summed E-state index contributed by atoms with van der Waals surface area (Å²) in [6, 6.07) is 0. The minimum Gasteiger partial charge on any atom is -0.357 e. The van der Waals surface area contributed by atoms with Crippen molar-refractivity contribution in [3.05, 3.63) is 6.33 Å². The quantitative estimate of drug-likeness (QED) is 0.899. The molecule has 0 aliphatic carbocycles. The number of nitrogens with zero attached hydrogens (tertiary/aromatic N) is 4. The summed E-state index contributed by atoms with van der Waals surface area (Å²) in [6.07, 6.45) is 5.34. The molecule has 108 valence electrons. The van der Waals surface area contributed by atoms with Crippen LogP contribution in [0, 0.1) is 5.41 Å². The van der Waals surface area contributed by atoms with Crippen LogP contribution in [-0.2, 0) is 0 Å². The third kappa shape index (κ3) is 2.19. The number of hydrogen-bond acceptors (Lipinski definition) is 5. The maximum Gasteiger partial charge on any atom is 0.226 e. The maximum absolute atomic E-state index is 4.62. The van der Waals surface area contributed by atoms with Crippen LogP contribution in [-0.4, -0.2) is 40.1 Å². The summed E-state index contributed by atoms with van der Waals surface area (Å²) in [4.78, 5) is 18.8. The molecular weight excluding hydrogens is 252 g/mol. The van der Waals surface area contributed by atoms with Crippen LogP contribution < -0.4 is 10.2 Å². The zero-order valence-corrected chi connectivity index (χ0v) is 12.4. The molecule has 0 aromatic carbocycles. The number of rotatable bonds is 3. The first kappa shape index (κ1) is 13.1. The number of piperidine rings is 1. The average Bonchev–Trinajstić information content (AvgIpc) is 2.95. The molecule has 0 atom stereocenters. The van der Waals surface area contributed by atoms with E-state index >= 15 is 0 Å². The van der Waals surface area contributed by atoms with Crippen molar-refractivity contribution in [2.45, 2.75) is 33.1 Å². The van der Waals surface area contributed by atoms with Crippen molar-refractivity contribution in [3.8, 4) is 0 Å². The number of nitrogens with one attached hydrogen (secondary N) is 2.